The van der Waals surface area contributed by atoms with E-state index in [4.69, 9.17) is 0 Å². The fourth-order valence-corrected chi connectivity index (χ4v) is 1.47. The predicted octanol–water partition coefficient (Wildman–Crippen LogP) is 4.13. The van der Waals surface area contributed by atoms with Gasteiger partial charge >= 0.3 is 6.36 Å². The average Bonchev–Trinajstić information content (AvgIpc) is 2.06. The molecule has 0 saturated carbocycles. The number of halogens is 4. The molecule has 1 nitrogen and oxygen atoms in total. The normalized spacial score (nSPS) is 11.9. The summed E-state index contributed by atoms with van der Waals surface area (Å²) in [4.78, 5) is 0. The van der Waals surface area contributed by atoms with Gasteiger partial charge in [0.2, 0.25) is 0 Å². The third-order valence-electron chi connectivity index (χ3n) is 1.75. The quantitative estimate of drug-likeness (QED) is 0.742. The molecule has 0 saturated heterocycles. The Balaban J connectivity index is 3.01. The fourth-order valence-electron chi connectivity index (χ4n) is 1.03. The minimum atomic E-state index is -4.65. The highest BCUT2D eigenvalue weighted by Gasteiger charge is 2.32. The van der Waals surface area contributed by atoms with Crippen molar-refractivity contribution in [2.75, 3.05) is 0 Å². The zero-order valence-corrected chi connectivity index (χ0v) is 10.1. The van der Waals surface area contributed by atoms with E-state index in [1.807, 2.05) is 0 Å². The molecule has 0 N–H and O–H groups in total. The molecule has 1 radical (unpaired) electrons. The lowest BCUT2D eigenvalue weighted by molar-refractivity contribution is -0.275. The van der Waals surface area contributed by atoms with Gasteiger partial charge in [-0.3, -0.25) is 0 Å². The van der Waals surface area contributed by atoms with Gasteiger partial charge in [0, 0.05) is 0 Å². The van der Waals surface area contributed by atoms with Crippen molar-refractivity contribution in [3.63, 3.8) is 0 Å². The second-order valence-corrected chi connectivity index (χ2v) is 4.30. The summed E-state index contributed by atoms with van der Waals surface area (Å²) in [5.74, 6) is -0.242. The van der Waals surface area contributed by atoms with Gasteiger partial charge in [0.15, 0.2) is 0 Å². The monoisotopic (exact) mass is 329 g/mol. The van der Waals surface area contributed by atoms with E-state index >= 15 is 0 Å². The van der Waals surface area contributed by atoms with Crippen LogP contribution in [0.3, 0.4) is 0 Å². The molecule has 0 amide bonds. The van der Waals surface area contributed by atoms with E-state index in [2.05, 4.69) is 11.7 Å². The first-order valence-electron chi connectivity index (χ1n) is 4.18. The van der Waals surface area contributed by atoms with Gasteiger partial charge in [0.05, 0.1) is 3.57 Å². The Kier molecular flexibility index (Phi) is 3.86. The Morgan fingerprint density at radius 1 is 1.40 bits per heavy atom. The minimum absolute atomic E-state index is 0.0717. The third kappa shape index (κ3) is 3.89. The first-order chi connectivity index (χ1) is 6.79. The molecule has 15 heavy (non-hydrogen) atoms. The van der Waals surface area contributed by atoms with Crippen LogP contribution in [-0.4, -0.2) is 6.36 Å². The highest BCUT2D eigenvalue weighted by molar-refractivity contribution is 14.1. The fraction of sp³-hybridized carbons (Fsp3) is 0.300. The Labute approximate surface area is 99.8 Å². The SMILES string of the molecule is [CH2]C(C)c1ccc(I)c(OC(F)(F)F)c1. The van der Waals surface area contributed by atoms with Gasteiger partial charge in [0.25, 0.3) is 0 Å². The van der Waals surface area contributed by atoms with Gasteiger partial charge in [0.1, 0.15) is 5.75 Å². The summed E-state index contributed by atoms with van der Waals surface area (Å²) in [5.41, 5.74) is 0.717. The largest absolute Gasteiger partial charge is 0.573 e. The highest BCUT2D eigenvalue weighted by atomic mass is 127. The summed E-state index contributed by atoms with van der Waals surface area (Å²) in [6, 6.07) is 4.69. The van der Waals surface area contributed by atoms with Crippen molar-refractivity contribution in [2.24, 2.45) is 0 Å². The minimum Gasteiger partial charge on any atom is -0.405 e. The van der Waals surface area contributed by atoms with Crippen molar-refractivity contribution >= 4 is 22.6 Å². The summed E-state index contributed by atoms with van der Waals surface area (Å²) in [7, 11) is 0. The summed E-state index contributed by atoms with van der Waals surface area (Å²) in [6.07, 6.45) is -4.65. The summed E-state index contributed by atoms with van der Waals surface area (Å²) < 4.78 is 40.4. The molecule has 1 aromatic rings. The van der Waals surface area contributed by atoms with Crippen molar-refractivity contribution in [2.45, 2.75) is 19.2 Å². The van der Waals surface area contributed by atoms with Crippen LogP contribution in [0.25, 0.3) is 0 Å². The standard InChI is InChI=1S/C10H9F3IO/c1-6(2)7-3-4-8(14)9(5-7)15-10(11,12)13/h3-6H,1H2,2H3. The van der Waals surface area contributed by atoms with Crippen LogP contribution < -0.4 is 4.74 Å². The van der Waals surface area contributed by atoms with Crippen LogP contribution in [0.2, 0.25) is 0 Å². The van der Waals surface area contributed by atoms with E-state index in [-0.39, 0.29) is 11.7 Å². The van der Waals surface area contributed by atoms with E-state index in [9.17, 15) is 13.2 Å². The summed E-state index contributed by atoms with van der Waals surface area (Å²) in [5, 5.41) is 0. The molecule has 0 fully saturated rings. The van der Waals surface area contributed by atoms with Gasteiger partial charge in [-0.05, 0) is 53.1 Å². The number of benzene rings is 1. The van der Waals surface area contributed by atoms with Crippen LogP contribution in [0.4, 0.5) is 13.2 Å². The molecular formula is C10H9F3IO. The Bertz CT molecular complexity index is 347. The van der Waals surface area contributed by atoms with E-state index in [1.54, 1.807) is 41.6 Å². The van der Waals surface area contributed by atoms with Gasteiger partial charge in [-0.2, -0.15) is 0 Å². The van der Waals surface area contributed by atoms with Crippen molar-refractivity contribution in [1.82, 2.24) is 0 Å². The topological polar surface area (TPSA) is 9.23 Å². The van der Waals surface area contributed by atoms with Crippen LogP contribution in [0.5, 0.6) is 5.75 Å². The van der Waals surface area contributed by atoms with Crippen LogP contribution >= 0.6 is 22.6 Å². The van der Waals surface area contributed by atoms with Crippen molar-refractivity contribution in [1.29, 1.82) is 0 Å². The van der Waals surface area contributed by atoms with Crippen molar-refractivity contribution < 1.29 is 17.9 Å². The second-order valence-electron chi connectivity index (χ2n) is 3.14. The maximum absolute atomic E-state index is 12.0. The van der Waals surface area contributed by atoms with E-state index in [0.29, 0.717) is 3.57 Å². The van der Waals surface area contributed by atoms with Crippen molar-refractivity contribution in [3.05, 3.63) is 34.3 Å². The Morgan fingerprint density at radius 3 is 2.47 bits per heavy atom. The summed E-state index contributed by atoms with van der Waals surface area (Å²) in [6.45, 7) is 5.54. The molecule has 83 valence electrons. The molecule has 0 aliphatic rings. The van der Waals surface area contributed by atoms with Crippen LogP contribution in [0.15, 0.2) is 18.2 Å². The molecular weight excluding hydrogens is 320 g/mol. The highest BCUT2D eigenvalue weighted by Crippen LogP contribution is 2.30. The van der Waals surface area contributed by atoms with Gasteiger partial charge in [-0.15, -0.1) is 13.2 Å². The third-order valence-corrected chi connectivity index (χ3v) is 2.64. The lowest BCUT2D eigenvalue weighted by atomic mass is 10.0. The average molecular weight is 329 g/mol. The van der Waals surface area contributed by atoms with Crippen LogP contribution in [0, 0.1) is 10.5 Å². The zero-order valence-electron chi connectivity index (χ0n) is 7.94. The molecule has 1 unspecified atom stereocenters. The zero-order chi connectivity index (χ0) is 11.6. The molecule has 0 bridgehead atoms. The van der Waals surface area contributed by atoms with Gasteiger partial charge in [-0.25, -0.2) is 0 Å². The molecule has 0 spiro atoms. The number of rotatable bonds is 2. The molecule has 0 aliphatic carbocycles. The number of ether oxygens (including phenoxy) is 1. The van der Waals surface area contributed by atoms with Crippen molar-refractivity contribution in [3.8, 4) is 5.75 Å². The first kappa shape index (κ1) is 12.6. The molecule has 1 atom stereocenters. The van der Waals surface area contributed by atoms with E-state index < -0.39 is 6.36 Å². The smallest absolute Gasteiger partial charge is 0.405 e. The molecule has 1 aromatic carbocycles. The second kappa shape index (κ2) is 4.59. The van der Waals surface area contributed by atoms with Crippen LogP contribution in [0.1, 0.15) is 18.4 Å². The lowest BCUT2D eigenvalue weighted by Gasteiger charge is -2.13. The number of hydrogen-bond acceptors (Lipinski definition) is 1. The van der Waals surface area contributed by atoms with E-state index in [0.717, 1.165) is 5.56 Å². The van der Waals surface area contributed by atoms with Gasteiger partial charge < -0.3 is 4.74 Å². The maximum Gasteiger partial charge on any atom is 0.573 e. The molecule has 5 heteroatoms. The molecule has 0 aliphatic heterocycles. The Hall–Kier alpha value is -0.460. The lowest BCUT2D eigenvalue weighted by Crippen LogP contribution is -2.18. The summed E-state index contributed by atoms with van der Waals surface area (Å²) >= 11 is 1.80. The maximum atomic E-state index is 12.0. The van der Waals surface area contributed by atoms with Gasteiger partial charge in [-0.1, -0.05) is 13.0 Å². The molecule has 1 rings (SSSR count). The number of hydrogen-bond donors (Lipinski definition) is 0. The molecule has 0 aromatic heterocycles. The van der Waals surface area contributed by atoms with E-state index in [1.165, 1.54) is 6.07 Å². The number of alkyl halides is 3. The molecule has 0 heterocycles. The predicted molar refractivity (Wildman–Crippen MR) is 59.6 cm³/mol. The van der Waals surface area contributed by atoms with Crippen LogP contribution in [-0.2, 0) is 0 Å². The first-order valence-corrected chi connectivity index (χ1v) is 5.26. The Morgan fingerprint density at radius 2 is 2.00 bits per heavy atom.